The molecule has 0 aliphatic heterocycles. The Hall–Kier alpha value is -3.62. The Labute approximate surface area is 206 Å². The molecule has 0 aliphatic carbocycles. The Kier molecular flexibility index (Phi) is 9.46. The zero-order valence-corrected chi connectivity index (χ0v) is 20.4. The molecule has 0 saturated heterocycles. The van der Waals surface area contributed by atoms with Crippen LogP contribution < -0.4 is 10.0 Å². The van der Waals surface area contributed by atoms with Crippen molar-refractivity contribution in [3.63, 3.8) is 0 Å². The number of amides is 1. The number of benzene rings is 2. The highest BCUT2D eigenvalue weighted by Crippen LogP contribution is 2.15. The molecule has 3 aromatic rings. The summed E-state index contributed by atoms with van der Waals surface area (Å²) >= 11 is 0. The van der Waals surface area contributed by atoms with Crippen molar-refractivity contribution in [3.05, 3.63) is 95.8 Å². The summed E-state index contributed by atoms with van der Waals surface area (Å²) in [6.45, 7) is 1.58. The third-order valence-electron chi connectivity index (χ3n) is 5.40. The second-order valence-corrected chi connectivity index (χ2v) is 9.74. The second kappa shape index (κ2) is 12.7. The molecule has 0 bridgehead atoms. The van der Waals surface area contributed by atoms with E-state index in [1.54, 1.807) is 42.7 Å². The molecule has 8 heteroatoms. The molecule has 0 radical (unpaired) electrons. The number of Topliss-reactive ketones (excluding diaryl/α,β-unsaturated/α-hetero) is 1. The van der Waals surface area contributed by atoms with Crippen molar-refractivity contribution in [1.29, 1.82) is 0 Å². The maximum absolute atomic E-state index is 13.1. The highest BCUT2D eigenvalue weighted by atomic mass is 32.2. The fourth-order valence-corrected chi connectivity index (χ4v) is 4.45. The zero-order chi connectivity index (χ0) is 25.1. The zero-order valence-electron chi connectivity index (χ0n) is 19.6. The number of hydrogen-bond acceptors (Lipinski definition) is 5. The van der Waals surface area contributed by atoms with Gasteiger partial charge < -0.3 is 5.32 Å². The largest absolute Gasteiger partial charge is 0.342 e. The number of sulfonamides is 1. The van der Waals surface area contributed by atoms with Gasteiger partial charge in [-0.25, -0.2) is 13.1 Å². The smallest absolute Gasteiger partial charge is 0.252 e. The molecule has 1 aromatic heterocycles. The first-order valence-electron chi connectivity index (χ1n) is 11.5. The minimum Gasteiger partial charge on any atom is -0.342 e. The molecule has 0 unspecified atom stereocenters. The lowest BCUT2D eigenvalue weighted by molar-refractivity contribution is -0.120. The van der Waals surface area contributed by atoms with E-state index >= 15 is 0 Å². The lowest BCUT2D eigenvalue weighted by Gasteiger charge is -2.18. The molecule has 2 aromatic carbocycles. The normalized spacial score (nSPS) is 12.4. The minimum atomic E-state index is -3.83. The van der Waals surface area contributed by atoms with Gasteiger partial charge in [-0.05, 0) is 47.9 Å². The van der Waals surface area contributed by atoms with Crippen LogP contribution >= 0.6 is 0 Å². The molecule has 182 valence electrons. The molecular weight excluding hydrogens is 462 g/mol. The van der Waals surface area contributed by atoms with Gasteiger partial charge in [0.05, 0.1) is 17.5 Å². The number of unbranched alkanes of at least 4 members (excludes halogenated alkanes) is 1. The maximum atomic E-state index is 13.1. The van der Waals surface area contributed by atoms with Crippen LogP contribution in [0.15, 0.2) is 84.0 Å². The van der Waals surface area contributed by atoms with Crippen LogP contribution in [0.25, 0.3) is 12.2 Å². The van der Waals surface area contributed by atoms with Gasteiger partial charge in [0.1, 0.15) is 0 Å². The van der Waals surface area contributed by atoms with Crippen molar-refractivity contribution in [3.8, 4) is 0 Å². The number of ketones is 1. The Morgan fingerprint density at radius 2 is 1.63 bits per heavy atom. The number of nitrogens with one attached hydrogen (secondary N) is 2. The number of carbonyl (C=O) groups is 2. The highest BCUT2D eigenvalue weighted by molar-refractivity contribution is 7.89. The molecule has 35 heavy (non-hydrogen) atoms. The van der Waals surface area contributed by atoms with E-state index in [4.69, 9.17) is 0 Å². The molecule has 7 nitrogen and oxygen atoms in total. The summed E-state index contributed by atoms with van der Waals surface area (Å²) < 4.78 is 27.3. The standard InChI is InChI=1S/C27H29N3O4S/c1-2-3-13-25(26(31)20-29-35(33,34)23-10-5-4-6-11-23)30-27(32)24-12-8-7-9-22(24)15-14-21-16-18-28-19-17-21/h4-12,14-19,25,29H,2-3,13,20H2,1H3,(H,30,32)/t25-/m0/s1. The van der Waals surface area contributed by atoms with E-state index < -0.39 is 28.4 Å². The SMILES string of the molecule is CCCC[C@H](NC(=O)c1ccccc1C=Cc1ccncc1)C(=O)CNS(=O)(=O)c1ccccc1. The summed E-state index contributed by atoms with van der Waals surface area (Å²) in [4.78, 5) is 30.1. The van der Waals surface area contributed by atoms with Gasteiger partial charge in [0.25, 0.3) is 5.91 Å². The van der Waals surface area contributed by atoms with Gasteiger partial charge in [-0.15, -0.1) is 0 Å². The summed E-state index contributed by atoms with van der Waals surface area (Å²) in [6.07, 6.45) is 9.06. The van der Waals surface area contributed by atoms with Gasteiger partial charge in [0, 0.05) is 18.0 Å². The van der Waals surface area contributed by atoms with E-state index in [-0.39, 0.29) is 10.8 Å². The van der Waals surface area contributed by atoms with Crippen molar-refractivity contribution in [2.24, 2.45) is 0 Å². The first kappa shape index (κ1) is 26.0. The van der Waals surface area contributed by atoms with Crippen LogP contribution in [0.2, 0.25) is 0 Å². The summed E-state index contributed by atoms with van der Waals surface area (Å²) in [5, 5.41) is 2.82. The molecule has 0 saturated carbocycles. The van der Waals surface area contributed by atoms with Crippen LogP contribution in [0, 0.1) is 0 Å². The number of carbonyl (C=O) groups excluding carboxylic acids is 2. The molecule has 0 aliphatic rings. The van der Waals surface area contributed by atoms with Crippen LogP contribution in [0.4, 0.5) is 0 Å². The summed E-state index contributed by atoms with van der Waals surface area (Å²) in [7, 11) is -3.83. The van der Waals surface area contributed by atoms with Gasteiger partial charge in [0.15, 0.2) is 5.78 Å². The van der Waals surface area contributed by atoms with Crippen molar-refractivity contribution in [1.82, 2.24) is 15.0 Å². The van der Waals surface area contributed by atoms with E-state index in [2.05, 4.69) is 15.0 Å². The average molecular weight is 492 g/mol. The molecule has 3 rings (SSSR count). The molecule has 0 spiro atoms. The van der Waals surface area contributed by atoms with Crippen LogP contribution in [0.1, 0.15) is 47.7 Å². The van der Waals surface area contributed by atoms with Crippen LogP contribution in [0.5, 0.6) is 0 Å². The highest BCUT2D eigenvalue weighted by Gasteiger charge is 2.24. The second-order valence-electron chi connectivity index (χ2n) is 7.97. The van der Waals surface area contributed by atoms with Crippen LogP contribution in [-0.2, 0) is 14.8 Å². The number of hydrogen-bond donors (Lipinski definition) is 2. The van der Waals surface area contributed by atoms with Gasteiger partial charge in [-0.2, -0.15) is 0 Å². The Bertz CT molecular complexity index is 1260. The fraction of sp³-hybridized carbons (Fsp3) is 0.222. The number of aromatic nitrogens is 1. The molecule has 1 heterocycles. The van der Waals surface area contributed by atoms with Gasteiger partial charge in [-0.1, -0.05) is 68.3 Å². The van der Waals surface area contributed by atoms with E-state index in [0.29, 0.717) is 24.0 Å². The van der Waals surface area contributed by atoms with E-state index in [9.17, 15) is 18.0 Å². The molecular formula is C27H29N3O4S. The van der Waals surface area contributed by atoms with Crippen LogP contribution in [-0.4, -0.2) is 37.7 Å². The third-order valence-corrected chi connectivity index (χ3v) is 6.81. The lowest BCUT2D eigenvalue weighted by Crippen LogP contribution is -2.45. The lowest BCUT2D eigenvalue weighted by atomic mass is 10.0. The monoisotopic (exact) mass is 491 g/mol. The third kappa shape index (κ3) is 7.70. The Morgan fingerprint density at radius 3 is 2.34 bits per heavy atom. The summed E-state index contributed by atoms with van der Waals surface area (Å²) in [6, 6.07) is 17.9. The first-order chi connectivity index (χ1) is 16.9. The van der Waals surface area contributed by atoms with E-state index in [0.717, 1.165) is 12.0 Å². The maximum Gasteiger partial charge on any atom is 0.252 e. The number of rotatable bonds is 12. The number of nitrogens with zero attached hydrogens (tertiary/aromatic N) is 1. The first-order valence-corrected chi connectivity index (χ1v) is 12.9. The van der Waals surface area contributed by atoms with Gasteiger partial charge in [0.2, 0.25) is 10.0 Å². The predicted molar refractivity (Wildman–Crippen MR) is 137 cm³/mol. The molecule has 0 fully saturated rings. The quantitative estimate of drug-likeness (QED) is 0.397. The van der Waals surface area contributed by atoms with Crippen molar-refractivity contribution in [2.75, 3.05) is 6.54 Å². The van der Waals surface area contributed by atoms with Gasteiger partial charge in [-0.3, -0.25) is 14.6 Å². The molecule has 1 amide bonds. The van der Waals surface area contributed by atoms with Crippen molar-refractivity contribution in [2.45, 2.75) is 37.1 Å². The van der Waals surface area contributed by atoms with E-state index in [1.807, 2.05) is 43.3 Å². The Morgan fingerprint density at radius 1 is 0.943 bits per heavy atom. The predicted octanol–water partition coefficient (Wildman–Crippen LogP) is 4.09. The average Bonchev–Trinajstić information content (AvgIpc) is 2.89. The fourth-order valence-electron chi connectivity index (χ4n) is 3.44. The summed E-state index contributed by atoms with van der Waals surface area (Å²) in [5.74, 6) is -0.781. The number of pyridine rings is 1. The van der Waals surface area contributed by atoms with Crippen molar-refractivity contribution < 1.29 is 18.0 Å². The summed E-state index contributed by atoms with van der Waals surface area (Å²) in [5.41, 5.74) is 2.07. The molecule has 2 N–H and O–H groups in total. The Balaban J connectivity index is 1.72. The molecule has 1 atom stereocenters. The van der Waals surface area contributed by atoms with Gasteiger partial charge >= 0.3 is 0 Å². The van der Waals surface area contributed by atoms with E-state index in [1.165, 1.54) is 12.1 Å². The minimum absolute atomic E-state index is 0.0804. The van der Waals surface area contributed by atoms with Crippen LogP contribution in [0.3, 0.4) is 0 Å². The topological polar surface area (TPSA) is 105 Å². The van der Waals surface area contributed by atoms with Crippen molar-refractivity contribution >= 4 is 33.9 Å².